The Bertz CT molecular complexity index is 571. The first kappa shape index (κ1) is 15.6. The van der Waals surface area contributed by atoms with Crippen molar-refractivity contribution in [3.63, 3.8) is 0 Å². The Morgan fingerprint density at radius 2 is 2.33 bits per heavy atom. The molecule has 116 valence electrons. The van der Waals surface area contributed by atoms with Crippen LogP contribution in [-0.4, -0.2) is 44.5 Å². The zero-order valence-electron chi connectivity index (χ0n) is 11.9. The van der Waals surface area contributed by atoms with Gasteiger partial charge >= 0.3 is 5.69 Å². The molecule has 1 aromatic heterocycles. The van der Waals surface area contributed by atoms with E-state index in [2.05, 4.69) is 10.3 Å². The van der Waals surface area contributed by atoms with Gasteiger partial charge in [0.2, 0.25) is 5.91 Å². The van der Waals surface area contributed by atoms with Crippen molar-refractivity contribution in [1.29, 1.82) is 0 Å². The maximum atomic E-state index is 12.0. The van der Waals surface area contributed by atoms with Crippen molar-refractivity contribution in [3.8, 4) is 0 Å². The summed E-state index contributed by atoms with van der Waals surface area (Å²) in [6, 6.07) is 1.49. The summed E-state index contributed by atoms with van der Waals surface area (Å²) in [6.45, 7) is 3.15. The van der Waals surface area contributed by atoms with Gasteiger partial charge in [0.1, 0.15) is 18.1 Å². The van der Waals surface area contributed by atoms with Crippen molar-refractivity contribution in [2.75, 3.05) is 11.9 Å². The second kappa shape index (κ2) is 6.33. The lowest BCUT2D eigenvalue weighted by molar-refractivity contribution is -0.118. The van der Waals surface area contributed by atoms with E-state index in [1.807, 2.05) is 0 Å². The molecule has 1 aliphatic rings. The van der Waals surface area contributed by atoms with Gasteiger partial charge in [0.25, 0.3) is 0 Å². The molecule has 2 rings (SSSR count). The first-order chi connectivity index (χ1) is 9.92. The summed E-state index contributed by atoms with van der Waals surface area (Å²) in [6.07, 6.45) is -0.561. The number of aliphatic hydroxyl groups excluding tert-OH is 2. The van der Waals surface area contributed by atoms with Gasteiger partial charge in [-0.1, -0.05) is 13.8 Å². The smallest absolute Gasteiger partial charge is 0.351 e. The van der Waals surface area contributed by atoms with Crippen molar-refractivity contribution in [1.82, 2.24) is 9.55 Å². The fourth-order valence-corrected chi connectivity index (χ4v) is 2.02. The molecule has 0 aromatic carbocycles. The number of hydrogen-bond donors (Lipinski definition) is 3. The Labute approximate surface area is 121 Å². The molecule has 2 heterocycles. The van der Waals surface area contributed by atoms with Crippen molar-refractivity contribution < 1.29 is 19.7 Å². The van der Waals surface area contributed by atoms with Gasteiger partial charge in [-0.25, -0.2) is 4.79 Å². The number of hydrogen-bond acceptors (Lipinski definition) is 6. The second-order valence-corrected chi connectivity index (χ2v) is 5.26. The maximum absolute atomic E-state index is 12.0. The van der Waals surface area contributed by atoms with Crippen LogP contribution >= 0.6 is 0 Å². The third-order valence-corrected chi connectivity index (χ3v) is 3.30. The van der Waals surface area contributed by atoms with E-state index >= 15 is 0 Å². The first-order valence-electron chi connectivity index (χ1n) is 6.76. The van der Waals surface area contributed by atoms with Crippen LogP contribution in [0.4, 0.5) is 5.82 Å². The molecule has 1 amide bonds. The van der Waals surface area contributed by atoms with Gasteiger partial charge in [-0.15, -0.1) is 0 Å². The standard InChI is InChI=1S/C13H19N3O5/c1-7(2)12(19)14-10-3-4-16(13(20)15-10)11-5-8(18)9(6-17)21-11/h3-4,7-9,11,17-18H,5-6H2,1-2H3,(H,14,15,19,20)/t8-,9+,11+/m0/s1. The maximum Gasteiger partial charge on any atom is 0.351 e. The summed E-state index contributed by atoms with van der Waals surface area (Å²) >= 11 is 0. The molecular formula is C13H19N3O5. The number of aromatic nitrogens is 2. The van der Waals surface area contributed by atoms with Gasteiger partial charge in [-0.2, -0.15) is 4.98 Å². The van der Waals surface area contributed by atoms with Gasteiger partial charge in [-0.3, -0.25) is 9.36 Å². The summed E-state index contributed by atoms with van der Waals surface area (Å²) in [5.74, 6) is -0.271. The van der Waals surface area contributed by atoms with Crippen LogP contribution in [0, 0.1) is 5.92 Å². The van der Waals surface area contributed by atoms with E-state index in [0.717, 1.165) is 0 Å². The number of nitrogens with one attached hydrogen (secondary N) is 1. The van der Waals surface area contributed by atoms with E-state index in [1.54, 1.807) is 13.8 Å². The van der Waals surface area contributed by atoms with Gasteiger partial charge in [0.15, 0.2) is 0 Å². The Morgan fingerprint density at radius 1 is 1.62 bits per heavy atom. The molecule has 1 aromatic rings. The summed E-state index contributed by atoms with van der Waals surface area (Å²) in [5.41, 5.74) is -0.590. The van der Waals surface area contributed by atoms with Crippen molar-refractivity contribution in [2.45, 2.75) is 38.7 Å². The molecule has 8 heteroatoms. The summed E-state index contributed by atoms with van der Waals surface area (Å²) in [4.78, 5) is 27.3. The lowest BCUT2D eigenvalue weighted by Gasteiger charge is -2.14. The van der Waals surface area contributed by atoms with Gasteiger partial charge in [0, 0.05) is 18.5 Å². The van der Waals surface area contributed by atoms with Crippen molar-refractivity contribution in [3.05, 3.63) is 22.7 Å². The summed E-state index contributed by atoms with van der Waals surface area (Å²) in [5, 5.41) is 21.2. The molecule has 0 spiro atoms. The minimum Gasteiger partial charge on any atom is -0.394 e. The number of amides is 1. The molecule has 0 saturated carbocycles. The molecule has 0 unspecified atom stereocenters. The van der Waals surface area contributed by atoms with E-state index in [1.165, 1.54) is 16.8 Å². The number of nitrogens with zero attached hydrogens (tertiary/aromatic N) is 2. The zero-order valence-corrected chi connectivity index (χ0v) is 11.9. The van der Waals surface area contributed by atoms with Crippen LogP contribution in [0.5, 0.6) is 0 Å². The minimum atomic E-state index is -0.827. The highest BCUT2D eigenvalue weighted by Gasteiger charge is 2.34. The number of anilines is 1. The van der Waals surface area contributed by atoms with E-state index < -0.39 is 24.1 Å². The largest absolute Gasteiger partial charge is 0.394 e. The quantitative estimate of drug-likeness (QED) is 0.689. The van der Waals surface area contributed by atoms with E-state index in [4.69, 9.17) is 9.84 Å². The topological polar surface area (TPSA) is 114 Å². The normalized spacial score (nSPS) is 25.3. The molecule has 21 heavy (non-hydrogen) atoms. The highest BCUT2D eigenvalue weighted by molar-refractivity contribution is 5.90. The summed E-state index contributed by atoms with van der Waals surface area (Å²) in [7, 11) is 0. The van der Waals surface area contributed by atoms with Gasteiger partial charge in [-0.05, 0) is 6.07 Å². The lowest BCUT2D eigenvalue weighted by atomic mass is 10.2. The van der Waals surface area contributed by atoms with Crippen LogP contribution in [0.2, 0.25) is 0 Å². The number of carbonyl (C=O) groups is 1. The molecule has 1 aliphatic heterocycles. The van der Waals surface area contributed by atoms with Gasteiger partial charge < -0.3 is 20.3 Å². The Morgan fingerprint density at radius 3 is 2.86 bits per heavy atom. The van der Waals surface area contributed by atoms with Crippen molar-refractivity contribution >= 4 is 11.7 Å². The predicted molar refractivity (Wildman–Crippen MR) is 73.6 cm³/mol. The molecule has 8 nitrogen and oxygen atoms in total. The Balaban J connectivity index is 2.13. The average Bonchev–Trinajstić information content (AvgIpc) is 2.79. The third kappa shape index (κ3) is 3.46. The predicted octanol–water partition coefficient (Wildman–Crippen LogP) is -0.522. The highest BCUT2D eigenvalue weighted by atomic mass is 16.5. The summed E-state index contributed by atoms with van der Waals surface area (Å²) < 4.78 is 6.61. The Hall–Kier alpha value is -1.77. The van der Waals surface area contributed by atoms with E-state index in [-0.39, 0.29) is 30.7 Å². The lowest BCUT2D eigenvalue weighted by Crippen LogP contribution is -2.29. The molecule has 3 atom stereocenters. The van der Waals surface area contributed by atoms with Crippen LogP contribution < -0.4 is 11.0 Å². The van der Waals surface area contributed by atoms with Crippen LogP contribution in [0.15, 0.2) is 17.1 Å². The number of aliphatic hydroxyl groups is 2. The van der Waals surface area contributed by atoms with Gasteiger partial charge in [0.05, 0.1) is 12.7 Å². The third-order valence-electron chi connectivity index (χ3n) is 3.30. The molecule has 3 N–H and O–H groups in total. The van der Waals surface area contributed by atoms with E-state index in [9.17, 15) is 14.7 Å². The fraction of sp³-hybridized carbons (Fsp3) is 0.615. The number of ether oxygens (including phenoxy) is 1. The first-order valence-corrected chi connectivity index (χ1v) is 6.76. The molecule has 0 bridgehead atoms. The van der Waals surface area contributed by atoms with Crippen LogP contribution in [0.25, 0.3) is 0 Å². The SMILES string of the molecule is CC(C)C(=O)Nc1ccn([C@H]2C[C@H](O)[C@@H](CO)O2)c(=O)n1. The molecular weight excluding hydrogens is 278 g/mol. The molecule has 1 fully saturated rings. The van der Waals surface area contributed by atoms with Crippen molar-refractivity contribution in [2.24, 2.45) is 5.92 Å². The molecule has 0 radical (unpaired) electrons. The van der Waals surface area contributed by atoms with Crippen LogP contribution in [0.1, 0.15) is 26.5 Å². The second-order valence-electron chi connectivity index (χ2n) is 5.26. The number of carbonyl (C=O) groups excluding carboxylic acids is 1. The zero-order chi connectivity index (χ0) is 15.6. The highest BCUT2D eigenvalue weighted by Crippen LogP contribution is 2.27. The number of rotatable bonds is 4. The molecule has 0 aliphatic carbocycles. The minimum absolute atomic E-state index is 0.173. The van der Waals surface area contributed by atoms with Crippen LogP contribution in [-0.2, 0) is 9.53 Å². The van der Waals surface area contributed by atoms with Crippen LogP contribution in [0.3, 0.4) is 0 Å². The fourth-order valence-electron chi connectivity index (χ4n) is 2.02. The monoisotopic (exact) mass is 297 g/mol. The molecule has 1 saturated heterocycles. The Kier molecular flexibility index (Phi) is 4.71. The van der Waals surface area contributed by atoms with E-state index in [0.29, 0.717) is 0 Å². The average molecular weight is 297 g/mol.